The van der Waals surface area contributed by atoms with Crippen LogP contribution in [0.5, 0.6) is 0 Å². The highest BCUT2D eigenvalue weighted by Crippen LogP contribution is 2.43. The third-order valence-electron chi connectivity index (χ3n) is 4.16. The molecule has 94 valence electrons. The largest absolute Gasteiger partial charge is 0.0888 e. The van der Waals surface area contributed by atoms with Gasteiger partial charge in [-0.05, 0) is 41.2 Å². The molecule has 1 aliphatic carbocycles. The molecule has 1 saturated carbocycles. The fourth-order valence-electron chi connectivity index (χ4n) is 2.82. The Morgan fingerprint density at radius 3 is 2.06 bits per heavy atom. The van der Waals surface area contributed by atoms with E-state index in [4.69, 9.17) is 0 Å². The van der Waals surface area contributed by atoms with Crippen molar-refractivity contribution in [3.63, 3.8) is 0 Å². The molecule has 1 heteroatoms. The molecule has 3 atom stereocenters. The van der Waals surface area contributed by atoms with Crippen molar-refractivity contribution in [2.45, 2.75) is 56.7 Å². The van der Waals surface area contributed by atoms with Crippen LogP contribution in [0.25, 0.3) is 0 Å². The zero-order chi connectivity index (χ0) is 12.6. The Morgan fingerprint density at radius 1 is 1.06 bits per heavy atom. The molecule has 1 fully saturated rings. The van der Waals surface area contributed by atoms with E-state index in [-0.39, 0.29) is 5.41 Å². The van der Waals surface area contributed by atoms with Gasteiger partial charge in [0.1, 0.15) is 0 Å². The van der Waals surface area contributed by atoms with Gasteiger partial charge in [-0.3, -0.25) is 0 Å². The third kappa shape index (κ3) is 2.76. The van der Waals surface area contributed by atoms with Gasteiger partial charge < -0.3 is 0 Å². The van der Waals surface area contributed by atoms with Crippen LogP contribution in [0.2, 0.25) is 0 Å². The summed E-state index contributed by atoms with van der Waals surface area (Å²) in [5.74, 6) is 1.50. The average molecular weight is 295 g/mol. The van der Waals surface area contributed by atoms with Gasteiger partial charge in [-0.15, -0.1) is 0 Å². The molecular formula is C16H23Br. The summed E-state index contributed by atoms with van der Waals surface area (Å²) in [6.45, 7) is 9.19. The fraction of sp³-hybridized carbons (Fsp3) is 0.625. The van der Waals surface area contributed by atoms with E-state index in [1.54, 1.807) is 0 Å². The number of hydrogen-bond acceptors (Lipinski definition) is 0. The molecule has 0 radical (unpaired) electrons. The maximum Gasteiger partial charge on any atom is 0.0177 e. The molecule has 0 bridgehead atoms. The van der Waals surface area contributed by atoms with Crippen molar-refractivity contribution >= 4 is 15.9 Å². The molecule has 0 amide bonds. The van der Waals surface area contributed by atoms with Crippen molar-refractivity contribution in [2.24, 2.45) is 5.92 Å². The minimum atomic E-state index is 0.262. The van der Waals surface area contributed by atoms with Gasteiger partial charge >= 0.3 is 0 Å². The summed E-state index contributed by atoms with van der Waals surface area (Å²) in [6, 6.07) is 9.30. The van der Waals surface area contributed by atoms with Crippen LogP contribution < -0.4 is 0 Å². The number of halogens is 1. The summed E-state index contributed by atoms with van der Waals surface area (Å²) >= 11 is 3.79. The predicted octanol–water partition coefficient (Wildman–Crippen LogP) is 5.26. The molecule has 1 aliphatic rings. The Morgan fingerprint density at radius 2 is 1.65 bits per heavy atom. The summed E-state index contributed by atoms with van der Waals surface area (Å²) in [4.78, 5) is 0.704. The van der Waals surface area contributed by atoms with Crippen molar-refractivity contribution in [2.75, 3.05) is 0 Å². The molecule has 0 spiro atoms. The predicted molar refractivity (Wildman–Crippen MR) is 79.0 cm³/mol. The molecule has 0 N–H and O–H groups in total. The van der Waals surface area contributed by atoms with Crippen LogP contribution in [0.3, 0.4) is 0 Å². The van der Waals surface area contributed by atoms with Gasteiger partial charge in [-0.1, -0.05) is 67.9 Å². The zero-order valence-corrected chi connectivity index (χ0v) is 12.9. The summed E-state index contributed by atoms with van der Waals surface area (Å²) in [6.07, 6.45) is 2.64. The molecule has 3 unspecified atom stereocenters. The molecule has 0 aromatic heterocycles. The molecule has 1 aromatic rings. The van der Waals surface area contributed by atoms with Crippen molar-refractivity contribution in [1.82, 2.24) is 0 Å². The molecule has 17 heavy (non-hydrogen) atoms. The molecule has 0 heterocycles. The third-order valence-corrected chi connectivity index (χ3v) is 5.46. The van der Waals surface area contributed by atoms with Crippen LogP contribution in [0.15, 0.2) is 24.3 Å². The quantitative estimate of drug-likeness (QED) is 0.620. The molecule has 2 rings (SSSR count). The van der Waals surface area contributed by atoms with Gasteiger partial charge in [0.2, 0.25) is 0 Å². The standard InChI is InChI=1S/C16H23Br/c1-11-14(9-10-15(11)17)12-5-7-13(8-6-12)16(2,3)4/h5-8,11,14-15H,9-10H2,1-4H3. The van der Waals surface area contributed by atoms with Crippen molar-refractivity contribution in [3.05, 3.63) is 35.4 Å². The van der Waals surface area contributed by atoms with E-state index in [0.717, 1.165) is 11.8 Å². The molecule has 0 aliphatic heterocycles. The van der Waals surface area contributed by atoms with E-state index in [9.17, 15) is 0 Å². The minimum Gasteiger partial charge on any atom is -0.0888 e. The lowest BCUT2D eigenvalue weighted by molar-refractivity contribution is 0.543. The van der Waals surface area contributed by atoms with Gasteiger partial charge in [0.15, 0.2) is 0 Å². The first-order valence-electron chi connectivity index (χ1n) is 6.64. The average Bonchev–Trinajstić information content (AvgIpc) is 2.59. The van der Waals surface area contributed by atoms with Crippen LogP contribution in [0.4, 0.5) is 0 Å². The van der Waals surface area contributed by atoms with Crippen molar-refractivity contribution in [1.29, 1.82) is 0 Å². The maximum absolute atomic E-state index is 3.79. The lowest BCUT2D eigenvalue weighted by Crippen LogP contribution is -2.12. The van der Waals surface area contributed by atoms with E-state index < -0.39 is 0 Å². The topological polar surface area (TPSA) is 0 Å². The first-order valence-corrected chi connectivity index (χ1v) is 7.55. The van der Waals surface area contributed by atoms with E-state index >= 15 is 0 Å². The first kappa shape index (κ1) is 13.1. The number of benzene rings is 1. The van der Waals surface area contributed by atoms with Crippen LogP contribution >= 0.6 is 15.9 Å². The molecular weight excluding hydrogens is 272 g/mol. The van der Waals surface area contributed by atoms with Gasteiger partial charge in [0.25, 0.3) is 0 Å². The maximum atomic E-state index is 3.79. The first-order chi connectivity index (χ1) is 7.89. The van der Waals surface area contributed by atoms with E-state index in [2.05, 4.69) is 67.9 Å². The Labute approximate surface area is 114 Å². The highest BCUT2D eigenvalue weighted by atomic mass is 79.9. The second-order valence-electron chi connectivity index (χ2n) is 6.43. The molecule has 1 aromatic carbocycles. The van der Waals surface area contributed by atoms with Crippen LogP contribution in [0, 0.1) is 5.92 Å². The monoisotopic (exact) mass is 294 g/mol. The second-order valence-corrected chi connectivity index (χ2v) is 7.61. The van der Waals surface area contributed by atoms with Gasteiger partial charge in [-0.25, -0.2) is 0 Å². The Balaban J connectivity index is 2.19. The van der Waals surface area contributed by atoms with Crippen LogP contribution in [-0.4, -0.2) is 4.83 Å². The van der Waals surface area contributed by atoms with Crippen LogP contribution in [-0.2, 0) is 5.41 Å². The van der Waals surface area contributed by atoms with Gasteiger partial charge in [-0.2, -0.15) is 0 Å². The second kappa shape index (κ2) is 4.76. The smallest absolute Gasteiger partial charge is 0.0177 e. The summed E-state index contributed by atoms with van der Waals surface area (Å²) in [7, 11) is 0. The Hall–Kier alpha value is -0.300. The summed E-state index contributed by atoms with van der Waals surface area (Å²) in [5.41, 5.74) is 3.22. The Kier molecular flexibility index (Phi) is 3.68. The van der Waals surface area contributed by atoms with E-state index in [1.807, 2.05) is 0 Å². The van der Waals surface area contributed by atoms with Gasteiger partial charge in [0.05, 0.1) is 0 Å². The number of rotatable bonds is 1. The highest BCUT2D eigenvalue weighted by Gasteiger charge is 2.31. The molecule has 0 saturated heterocycles. The Bertz CT molecular complexity index is 372. The zero-order valence-electron chi connectivity index (χ0n) is 11.3. The van der Waals surface area contributed by atoms with E-state index in [1.165, 1.54) is 24.0 Å². The molecule has 0 nitrogen and oxygen atoms in total. The number of alkyl halides is 1. The van der Waals surface area contributed by atoms with Crippen LogP contribution in [0.1, 0.15) is 57.6 Å². The van der Waals surface area contributed by atoms with Crippen molar-refractivity contribution < 1.29 is 0 Å². The van der Waals surface area contributed by atoms with Crippen molar-refractivity contribution in [3.8, 4) is 0 Å². The minimum absolute atomic E-state index is 0.262. The lowest BCUT2D eigenvalue weighted by atomic mass is 9.84. The number of hydrogen-bond donors (Lipinski definition) is 0. The summed E-state index contributed by atoms with van der Waals surface area (Å²) in [5, 5.41) is 0. The van der Waals surface area contributed by atoms with Gasteiger partial charge in [0, 0.05) is 4.83 Å². The highest BCUT2D eigenvalue weighted by molar-refractivity contribution is 9.09. The normalized spacial score (nSPS) is 29.6. The fourth-order valence-corrected chi connectivity index (χ4v) is 3.45. The summed E-state index contributed by atoms with van der Waals surface area (Å²) < 4.78 is 0. The lowest BCUT2D eigenvalue weighted by Gasteiger charge is -2.22. The SMILES string of the molecule is CC1C(Br)CCC1c1ccc(C(C)(C)C)cc1. The van der Waals surface area contributed by atoms with E-state index in [0.29, 0.717) is 4.83 Å².